The van der Waals surface area contributed by atoms with Gasteiger partial charge in [-0.2, -0.15) is 0 Å². The Bertz CT molecular complexity index is 627. The SMILES string of the molecule is CC(C)(C)C(=O)OCCCOP(=O)(O)Oc1ccc(CCN)cc1O. The number of rotatable bonds is 9. The number of hydrogen-bond donors (Lipinski definition) is 3. The molecule has 0 aromatic heterocycles. The molecule has 0 bridgehead atoms. The van der Waals surface area contributed by atoms with Crippen molar-refractivity contribution < 1.29 is 33.1 Å². The van der Waals surface area contributed by atoms with Crippen LogP contribution in [-0.2, 0) is 25.0 Å². The highest BCUT2D eigenvalue weighted by Gasteiger charge is 2.25. The fourth-order valence-corrected chi connectivity index (χ4v) is 2.55. The van der Waals surface area contributed by atoms with E-state index in [2.05, 4.69) is 0 Å². The van der Waals surface area contributed by atoms with Gasteiger partial charge in [0.05, 0.1) is 18.6 Å². The second-order valence-corrected chi connectivity index (χ2v) is 7.85. The number of carbonyl (C=O) groups excluding carboxylic acids is 1. The Hall–Kier alpha value is -1.60. The number of phenolic OH excluding ortho intramolecular Hbond substituents is 1. The third kappa shape index (κ3) is 7.88. The summed E-state index contributed by atoms with van der Waals surface area (Å²) in [6.45, 7) is 5.53. The molecule has 0 radical (unpaired) electrons. The molecule has 1 aromatic rings. The van der Waals surface area contributed by atoms with Crippen molar-refractivity contribution in [1.82, 2.24) is 0 Å². The Labute approximate surface area is 147 Å². The zero-order chi connectivity index (χ0) is 19.1. The molecule has 0 aliphatic rings. The number of phosphoric ester groups is 1. The lowest BCUT2D eigenvalue weighted by molar-refractivity contribution is -0.153. The van der Waals surface area contributed by atoms with E-state index in [1.165, 1.54) is 12.1 Å². The Morgan fingerprint density at radius 1 is 1.28 bits per heavy atom. The van der Waals surface area contributed by atoms with Gasteiger partial charge >= 0.3 is 13.8 Å². The van der Waals surface area contributed by atoms with E-state index < -0.39 is 13.2 Å². The largest absolute Gasteiger partial charge is 0.527 e. The lowest BCUT2D eigenvalue weighted by Gasteiger charge is -2.17. The van der Waals surface area contributed by atoms with E-state index in [9.17, 15) is 19.4 Å². The minimum Gasteiger partial charge on any atom is -0.504 e. The van der Waals surface area contributed by atoms with E-state index in [4.69, 9.17) is 19.5 Å². The Balaban J connectivity index is 2.44. The molecule has 25 heavy (non-hydrogen) atoms. The summed E-state index contributed by atoms with van der Waals surface area (Å²) in [6.07, 6.45) is 0.797. The molecule has 0 saturated carbocycles. The van der Waals surface area contributed by atoms with Crippen LogP contribution in [-0.4, -0.2) is 35.7 Å². The summed E-state index contributed by atoms with van der Waals surface area (Å²) < 4.78 is 26.5. The van der Waals surface area contributed by atoms with Gasteiger partial charge in [-0.1, -0.05) is 6.07 Å². The van der Waals surface area contributed by atoms with Gasteiger partial charge in [-0.05, 0) is 51.4 Å². The molecular formula is C16H26NO7P. The quantitative estimate of drug-likeness (QED) is 0.341. The molecule has 1 aromatic carbocycles. The first kappa shape index (κ1) is 21.4. The van der Waals surface area contributed by atoms with Crippen molar-refractivity contribution in [3.05, 3.63) is 23.8 Å². The number of nitrogens with two attached hydrogens (primary N) is 1. The summed E-state index contributed by atoms with van der Waals surface area (Å²) in [7, 11) is -4.39. The Morgan fingerprint density at radius 2 is 1.96 bits per heavy atom. The lowest BCUT2D eigenvalue weighted by atomic mass is 9.97. The van der Waals surface area contributed by atoms with Gasteiger partial charge in [0, 0.05) is 6.42 Å². The van der Waals surface area contributed by atoms with Crippen LogP contribution in [0, 0.1) is 5.41 Å². The molecule has 142 valence electrons. The van der Waals surface area contributed by atoms with Crippen molar-refractivity contribution in [1.29, 1.82) is 0 Å². The van der Waals surface area contributed by atoms with E-state index in [1.807, 2.05) is 0 Å². The first-order valence-corrected chi connectivity index (χ1v) is 9.41. The predicted octanol–water partition coefficient (Wildman–Crippen LogP) is 2.37. The van der Waals surface area contributed by atoms with Crippen LogP contribution in [0.5, 0.6) is 11.5 Å². The van der Waals surface area contributed by atoms with Gasteiger partial charge < -0.3 is 20.1 Å². The molecule has 0 fully saturated rings. The third-order valence-electron chi connectivity index (χ3n) is 3.06. The topological polar surface area (TPSA) is 128 Å². The maximum atomic E-state index is 11.9. The molecule has 0 spiro atoms. The predicted molar refractivity (Wildman–Crippen MR) is 92.3 cm³/mol. The molecule has 1 atom stereocenters. The number of phosphoric acid groups is 1. The number of aromatic hydroxyl groups is 1. The van der Waals surface area contributed by atoms with Crippen LogP contribution in [0.1, 0.15) is 32.8 Å². The zero-order valence-corrected chi connectivity index (χ0v) is 15.6. The molecule has 0 aliphatic heterocycles. The van der Waals surface area contributed by atoms with Gasteiger partial charge in [-0.25, -0.2) is 4.57 Å². The van der Waals surface area contributed by atoms with Crippen LogP contribution >= 0.6 is 7.82 Å². The van der Waals surface area contributed by atoms with Crippen LogP contribution in [0.2, 0.25) is 0 Å². The second kappa shape index (κ2) is 9.20. The number of ether oxygens (including phenoxy) is 1. The molecule has 9 heteroatoms. The van der Waals surface area contributed by atoms with Gasteiger partial charge in [0.25, 0.3) is 0 Å². The van der Waals surface area contributed by atoms with Gasteiger partial charge in [-0.3, -0.25) is 14.2 Å². The highest BCUT2D eigenvalue weighted by molar-refractivity contribution is 7.47. The van der Waals surface area contributed by atoms with E-state index in [-0.39, 0.29) is 37.1 Å². The van der Waals surface area contributed by atoms with Gasteiger partial charge in [0.15, 0.2) is 11.5 Å². The fraction of sp³-hybridized carbons (Fsp3) is 0.562. The standard InChI is InChI=1S/C16H26NO7P/c1-16(2,3)15(19)22-9-4-10-23-25(20,21)24-14-6-5-12(7-8-17)11-13(14)18/h5-6,11,18H,4,7-10,17H2,1-3H3,(H,20,21). The number of hydrogen-bond acceptors (Lipinski definition) is 7. The molecule has 0 heterocycles. The molecule has 8 nitrogen and oxygen atoms in total. The molecular weight excluding hydrogens is 349 g/mol. The van der Waals surface area contributed by atoms with Crippen LogP contribution < -0.4 is 10.3 Å². The Kier molecular flexibility index (Phi) is 7.89. The van der Waals surface area contributed by atoms with E-state index in [0.717, 1.165) is 5.56 Å². The van der Waals surface area contributed by atoms with E-state index in [1.54, 1.807) is 26.8 Å². The first-order chi connectivity index (χ1) is 11.5. The summed E-state index contributed by atoms with van der Waals surface area (Å²) in [6, 6.07) is 4.42. The molecule has 0 amide bonds. The monoisotopic (exact) mass is 375 g/mol. The number of carbonyl (C=O) groups is 1. The number of esters is 1. The van der Waals surface area contributed by atoms with Crippen molar-refractivity contribution in [2.75, 3.05) is 19.8 Å². The summed E-state index contributed by atoms with van der Waals surface area (Å²) in [5.74, 6) is -0.799. The van der Waals surface area contributed by atoms with Crippen molar-refractivity contribution in [2.24, 2.45) is 11.1 Å². The Morgan fingerprint density at radius 3 is 2.52 bits per heavy atom. The molecule has 0 saturated heterocycles. The third-order valence-corrected chi connectivity index (χ3v) is 3.99. The van der Waals surface area contributed by atoms with Crippen molar-refractivity contribution in [2.45, 2.75) is 33.6 Å². The van der Waals surface area contributed by atoms with E-state index >= 15 is 0 Å². The molecule has 0 aliphatic carbocycles. The highest BCUT2D eigenvalue weighted by atomic mass is 31.2. The average molecular weight is 375 g/mol. The number of phenols is 1. The van der Waals surface area contributed by atoms with Gasteiger partial charge in [0.1, 0.15) is 0 Å². The summed E-state index contributed by atoms with van der Waals surface area (Å²) in [4.78, 5) is 21.2. The summed E-state index contributed by atoms with van der Waals surface area (Å²) in [5.41, 5.74) is 5.60. The highest BCUT2D eigenvalue weighted by Crippen LogP contribution is 2.46. The normalized spacial score (nSPS) is 14.0. The summed E-state index contributed by atoms with van der Waals surface area (Å²) >= 11 is 0. The van der Waals surface area contributed by atoms with Crippen molar-refractivity contribution >= 4 is 13.8 Å². The first-order valence-electron chi connectivity index (χ1n) is 7.91. The van der Waals surface area contributed by atoms with Crippen LogP contribution in [0.15, 0.2) is 18.2 Å². The minimum atomic E-state index is -4.39. The average Bonchev–Trinajstić information content (AvgIpc) is 2.48. The second-order valence-electron chi connectivity index (χ2n) is 6.47. The summed E-state index contributed by atoms with van der Waals surface area (Å²) in [5, 5.41) is 9.82. The fourth-order valence-electron chi connectivity index (χ4n) is 1.73. The maximum absolute atomic E-state index is 11.9. The molecule has 1 unspecified atom stereocenters. The van der Waals surface area contributed by atoms with Crippen LogP contribution in [0.25, 0.3) is 0 Å². The van der Waals surface area contributed by atoms with Crippen LogP contribution in [0.4, 0.5) is 0 Å². The maximum Gasteiger partial charge on any atom is 0.527 e. The smallest absolute Gasteiger partial charge is 0.504 e. The van der Waals surface area contributed by atoms with E-state index in [0.29, 0.717) is 13.0 Å². The molecule has 4 N–H and O–H groups in total. The van der Waals surface area contributed by atoms with Gasteiger partial charge in [-0.15, -0.1) is 0 Å². The van der Waals surface area contributed by atoms with Crippen molar-refractivity contribution in [3.63, 3.8) is 0 Å². The molecule has 1 rings (SSSR count). The van der Waals surface area contributed by atoms with Crippen molar-refractivity contribution in [3.8, 4) is 11.5 Å². The van der Waals surface area contributed by atoms with Crippen LogP contribution in [0.3, 0.4) is 0 Å². The zero-order valence-electron chi connectivity index (χ0n) is 14.7. The number of benzene rings is 1. The minimum absolute atomic E-state index is 0.0646. The van der Waals surface area contributed by atoms with Gasteiger partial charge in [0.2, 0.25) is 0 Å². The lowest BCUT2D eigenvalue weighted by Crippen LogP contribution is -2.23.